The minimum absolute atomic E-state index is 0.120. The molecule has 2 N–H and O–H groups in total. The molecular formula is C15H20N4OS. The van der Waals surface area contributed by atoms with Gasteiger partial charge >= 0.3 is 0 Å². The molecule has 112 valence electrons. The Labute approximate surface area is 128 Å². The molecule has 1 aliphatic rings. The molecule has 3 rings (SSSR count). The second-order valence-corrected chi connectivity index (χ2v) is 6.32. The van der Waals surface area contributed by atoms with Crippen LogP contribution in [0, 0.1) is 13.8 Å². The van der Waals surface area contributed by atoms with Gasteiger partial charge in [-0.2, -0.15) is 16.4 Å². The SMILES string of the molecule is Cc1nn(CC(=O)N2CCCC2c2ccsc2)c(C)c1N. The van der Waals surface area contributed by atoms with Gasteiger partial charge < -0.3 is 10.6 Å². The van der Waals surface area contributed by atoms with Crippen LogP contribution >= 0.6 is 11.3 Å². The van der Waals surface area contributed by atoms with Crippen molar-refractivity contribution in [2.24, 2.45) is 0 Å². The first-order valence-electron chi connectivity index (χ1n) is 7.19. The van der Waals surface area contributed by atoms with Crippen molar-refractivity contribution < 1.29 is 4.79 Å². The van der Waals surface area contributed by atoms with Crippen molar-refractivity contribution in [2.75, 3.05) is 12.3 Å². The summed E-state index contributed by atoms with van der Waals surface area (Å²) in [5.41, 5.74) is 9.51. The zero-order valence-electron chi connectivity index (χ0n) is 12.4. The lowest BCUT2D eigenvalue weighted by Crippen LogP contribution is -2.33. The van der Waals surface area contributed by atoms with Crippen LogP contribution < -0.4 is 5.73 Å². The van der Waals surface area contributed by atoms with Gasteiger partial charge in [-0.05, 0) is 49.1 Å². The number of thiophene rings is 1. The highest BCUT2D eigenvalue weighted by Gasteiger charge is 2.30. The van der Waals surface area contributed by atoms with E-state index < -0.39 is 0 Å². The summed E-state index contributed by atoms with van der Waals surface area (Å²) >= 11 is 1.68. The highest BCUT2D eigenvalue weighted by Crippen LogP contribution is 2.33. The third-order valence-electron chi connectivity index (χ3n) is 4.22. The van der Waals surface area contributed by atoms with E-state index in [9.17, 15) is 4.79 Å². The number of rotatable bonds is 3. The van der Waals surface area contributed by atoms with Gasteiger partial charge in [0.25, 0.3) is 0 Å². The fourth-order valence-electron chi connectivity index (χ4n) is 2.96. The fourth-order valence-corrected chi connectivity index (χ4v) is 3.67. The highest BCUT2D eigenvalue weighted by molar-refractivity contribution is 7.07. The van der Waals surface area contributed by atoms with Crippen LogP contribution in [0.15, 0.2) is 16.8 Å². The molecule has 2 aromatic rings. The molecule has 0 radical (unpaired) electrons. The molecule has 1 unspecified atom stereocenters. The maximum atomic E-state index is 12.6. The van der Waals surface area contributed by atoms with Crippen LogP contribution in [0.3, 0.4) is 0 Å². The van der Waals surface area contributed by atoms with Gasteiger partial charge in [0, 0.05) is 6.54 Å². The Morgan fingerprint density at radius 2 is 2.33 bits per heavy atom. The Hall–Kier alpha value is -1.82. The first kappa shape index (κ1) is 14.1. The summed E-state index contributed by atoms with van der Waals surface area (Å²) < 4.78 is 1.72. The van der Waals surface area contributed by atoms with E-state index in [2.05, 4.69) is 21.9 Å². The molecule has 0 aliphatic carbocycles. The van der Waals surface area contributed by atoms with Gasteiger partial charge in [-0.1, -0.05) is 0 Å². The van der Waals surface area contributed by atoms with E-state index >= 15 is 0 Å². The van der Waals surface area contributed by atoms with E-state index in [-0.39, 0.29) is 18.5 Å². The van der Waals surface area contributed by atoms with E-state index in [0.29, 0.717) is 5.69 Å². The summed E-state index contributed by atoms with van der Waals surface area (Å²) in [5.74, 6) is 0.120. The number of nitrogens with zero attached hydrogens (tertiary/aromatic N) is 3. The van der Waals surface area contributed by atoms with E-state index in [1.165, 1.54) is 5.56 Å². The molecule has 0 aromatic carbocycles. The maximum absolute atomic E-state index is 12.6. The summed E-state index contributed by atoms with van der Waals surface area (Å²) in [4.78, 5) is 14.6. The molecule has 0 spiro atoms. The summed E-state index contributed by atoms with van der Waals surface area (Å²) in [5, 5.41) is 8.56. The lowest BCUT2D eigenvalue weighted by atomic mass is 10.1. The zero-order valence-corrected chi connectivity index (χ0v) is 13.2. The van der Waals surface area contributed by atoms with Crippen molar-refractivity contribution in [3.63, 3.8) is 0 Å². The number of aryl methyl sites for hydroxylation is 1. The van der Waals surface area contributed by atoms with E-state index in [0.717, 1.165) is 30.8 Å². The van der Waals surface area contributed by atoms with Crippen molar-refractivity contribution in [3.8, 4) is 0 Å². The lowest BCUT2D eigenvalue weighted by Gasteiger charge is -2.24. The molecule has 0 bridgehead atoms. The minimum atomic E-state index is 0.120. The third-order valence-corrected chi connectivity index (χ3v) is 4.93. The molecule has 1 aliphatic heterocycles. The summed E-state index contributed by atoms with van der Waals surface area (Å²) in [6.07, 6.45) is 2.10. The number of aromatic nitrogens is 2. The number of nitrogens with two attached hydrogens (primary N) is 1. The van der Waals surface area contributed by atoms with Crippen LogP contribution in [0.1, 0.15) is 35.8 Å². The van der Waals surface area contributed by atoms with Gasteiger partial charge in [0.2, 0.25) is 5.91 Å². The van der Waals surface area contributed by atoms with Crippen molar-refractivity contribution in [1.82, 2.24) is 14.7 Å². The predicted molar refractivity (Wildman–Crippen MR) is 84.1 cm³/mol. The second-order valence-electron chi connectivity index (χ2n) is 5.54. The minimum Gasteiger partial charge on any atom is -0.396 e. The standard InChI is InChI=1S/C15H20N4OS/c1-10-15(16)11(2)19(17-10)8-14(20)18-6-3-4-13(18)12-5-7-21-9-12/h5,7,9,13H,3-4,6,8,16H2,1-2H3. The number of hydrogen-bond donors (Lipinski definition) is 1. The van der Waals surface area contributed by atoms with Crippen LogP contribution in [-0.2, 0) is 11.3 Å². The number of carbonyl (C=O) groups is 1. The topological polar surface area (TPSA) is 64.2 Å². The van der Waals surface area contributed by atoms with Gasteiger partial charge in [-0.25, -0.2) is 0 Å². The van der Waals surface area contributed by atoms with Crippen molar-refractivity contribution >= 4 is 22.9 Å². The van der Waals surface area contributed by atoms with Gasteiger partial charge in [-0.15, -0.1) is 0 Å². The van der Waals surface area contributed by atoms with Crippen LogP contribution in [0.4, 0.5) is 5.69 Å². The first-order valence-corrected chi connectivity index (χ1v) is 8.13. The largest absolute Gasteiger partial charge is 0.396 e. The third kappa shape index (κ3) is 2.55. The molecule has 1 atom stereocenters. The molecule has 0 saturated carbocycles. The smallest absolute Gasteiger partial charge is 0.244 e. The Morgan fingerprint density at radius 3 is 2.95 bits per heavy atom. The Balaban J connectivity index is 1.77. The number of carbonyl (C=O) groups excluding carboxylic acids is 1. The molecule has 3 heterocycles. The lowest BCUT2D eigenvalue weighted by molar-refractivity contribution is -0.133. The summed E-state index contributed by atoms with van der Waals surface area (Å²) in [6.45, 7) is 4.87. The Kier molecular flexibility index (Phi) is 3.71. The summed E-state index contributed by atoms with van der Waals surface area (Å²) in [6, 6.07) is 2.33. The normalized spacial score (nSPS) is 18.4. The average Bonchev–Trinajstić information content (AvgIpc) is 3.17. The number of hydrogen-bond acceptors (Lipinski definition) is 4. The molecular weight excluding hydrogens is 284 g/mol. The molecule has 5 nitrogen and oxygen atoms in total. The van der Waals surface area contributed by atoms with Crippen LogP contribution in [0.5, 0.6) is 0 Å². The average molecular weight is 304 g/mol. The number of likely N-dealkylation sites (tertiary alicyclic amines) is 1. The number of amides is 1. The zero-order chi connectivity index (χ0) is 15.0. The van der Waals surface area contributed by atoms with Gasteiger partial charge in [0.1, 0.15) is 6.54 Å². The van der Waals surface area contributed by atoms with E-state index in [1.807, 2.05) is 18.7 Å². The predicted octanol–water partition coefficient (Wildman–Crippen LogP) is 2.51. The van der Waals surface area contributed by atoms with Crippen LogP contribution in [-0.4, -0.2) is 27.1 Å². The van der Waals surface area contributed by atoms with E-state index in [1.54, 1.807) is 16.0 Å². The number of nitrogen functional groups attached to an aromatic ring is 1. The summed E-state index contributed by atoms with van der Waals surface area (Å²) in [7, 11) is 0. The molecule has 2 aromatic heterocycles. The molecule has 1 fully saturated rings. The van der Waals surface area contributed by atoms with E-state index in [4.69, 9.17) is 5.73 Å². The number of anilines is 1. The monoisotopic (exact) mass is 304 g/mol. The molecule has 1 saturated heterocycles. The van der Waals surface area contributed by atoms with Gasteiger partial charge in [0.15, 0.2) is 0 Å². The van der Waals surface area contributed by atoms with Crippen LogP contribution in [0.2, 0.25) is 0 Å². The Bertz CT molecular complexity index is 647. The second kappa shape index (κ2) is 5.52. The molecule has 6 heteroatoms. The van der Waals surface area contributed by atoms with Crippen molar-refractivity contribution in [3.05, 3.63) is 33.8 Å². The maximum Gasteiger partial charge on any atom is 0.244 e. The first-order chi connectivity index (χ1) is 10.1. The van der Waals surface area contributed by atoms with Crippen molar-refractivity contribution in [1.29, 1.82) is 0 Å². The fraction of sp³-hybridized carbons (Fsp3) is 0.467. The van der Waals surface area contributed by atoms with Crippen molar-refractivity contribution in [2.45, 2.75) is 39.3 Å². The van der Waals surface area contributed by atoms with Crippen LogP contribution in [0.25, 0.3) is 0 Å². The quantitative estimate of drug-likeness (QED) is 0.947. The van der Waals surface area contributed by atoms with Gasteiger partial charge in [-0.3, -0.25) is 9.48 Å². The highest BCUT2D eigenvalue weighted by atomic mass is 32.1. The molecule has 1 amide bonds. The Morgan fingerprint density at radius 1 is 1.52 bits per heavy atom. The molecule has 21 heavy (non-hydrogen) atoms. The van der Waals surface area contributed by atoms with Gasteiger partial charge in [0.05, 0.1) is 23.1 Å².